The summed E-state index contributed by atoms with van der Waals surface area (Å²) in [5, 5.41) is 29.9. The molecule has 0 amide bonds. The second kappa shape index (κ2) is 13.3. The predicted molar refractivity (Wildman–Crippen MR) is 152 cm³/mol. The number of rotatable bonds is 12. The van der Waals surface area contributed by atoms with E-state index in [-0.39, 0.29) is 23.7 Å². The van der Waals surface area contributed by atoms with E-state index in [1.807, 2.05) is 12.1 Å². The number of carboxylic acid groups (broad SMARTS) is 1. The maximum Gasteiger partial charge on any atom is 0.306 e. The van der Waals surface area contributed by atoms with Crippen LogP contribution in [0, 0.1) is 11.8 Å². The fraction of sp³-hybridized carbons (Fsp3) is 0.452. The standard InChI is InChI=1S/C31H39ClN2O5/c1-21(24-11-13-27(32)14-12-24)33(19-22-5-9-26(10-6-22)31(37)38)20-23-7-8-25(28(18-23)39-2)4-3-17-34-29(35)15-16-30(34)36/h7-8,11-16,18,21-22,26,35-36H,3-6,9-10,17,19-20H2,1-2H3,(H,37,38). The van der Waals surface area contributed by atoms with Crippen molar-refractivity contribution < 1.29 is 24.9 Å². The van der Waals surface area contributed by atoms with Crippen LogP contribution in [0.2, 0.25) is 5.02 Å². The summed E-state index contributed by atoms with van der Waals surface area (Å²) in [7, 11) is 1.68. The van der Waals surface area contributed by atoms with Crippen molar-refractivity contribution in [2.45, 2.75) is 64.6 Å². The normalized spacial score (nSPS) is 18.3. The van der Waals surface area contributed by atoms with Gasteiger partial charge in [-0.3, -0.25) is 14.3 Å². The Morgan fingerprint density at radius 1 is 1.05 bits per heavy atom. The Morgan fingerprint density at radius 2 is 1.72 bits per heavy atom. The quantitative estimate of drug-likeness (QED) is 0.232. The Hall–Kier alpha value is -3.16. The zero-order chi connectivity index (χ0) is 27.9. The van der Waals surface area contributed by atoms with Crippen molar-refractivity contribution in [2.24, 2.45) is 11.8 Å². The lowest BCUT2D eigenvalue weighted by atomic mass is 9.81. The molecule has 1 atom stereocenters. The van der Waals surface area contributed by atoms with E-state index in [1.165, 1.54) is 22.3 Å². The number of halogens is 1. The van der Waals surface area contributed by atoms with Gasteiger partial charge >= 0.3 is 5.97 Å². The lowest BCUT2D eigenvalue weighted by Crippen LogP contribution is -2.34. The Bertz CT molecular complexity index is 1210. The van der Waals surface area contributed by atoms with Crippen LogP contribution in [0.3, 0.4) is 0 Å². The first-order valence-corrected chi connectivity index (χ1v) is 14.1. The van der Waals surface area contributed by atoms with Gasteiger partial charge in [0.15, 0.2) is 11.8 Å². The summed E-state index contributed by atoms with van der Waals surface area (Å²) in [6.45, 7) is 4.35. The number of ether oxygens (including phenoxy) is 1. The molecule has 7 nitrogen and oxygen atoms in total. The van der Waals surface area contributed by atoms with Gasteiger partial charge < -0.3 is 20.1 Å². The largest absolute Gasteiger partial charge is 0.496 e. The minimum Gasteiger partial charge on any atom is -0.496 e. The van der Waals surface area contributed by atoms with Crippen LogP contribution in [-0.4, -0.2) is 44.4 Å². The smallest absolute Gasteiger partial charge is 0.306 e. The molecule has 4 rings (SSSR count). The number of hydrogen-bond acceptors (Lipinski definition) is 5. The van der Waals surface area contributed by atoms with E-state index >= 15 is 0 Å². The average molecular weight is 555 g/mol. The van der Waals surface area contributed by atoms with Gasteiger partial charge in [-0.05, 0) is 86.3 Å². The van der Waals surface area contributed by atoms with Crippen molar-refractivity contribution >= 4 is 17.6 Å². The van der Waals surface area contributed by atoms with Gasteiger partial charge in [0.2, 0.25) is 0 Å². The van der Waals surface area contributed by atoms with Crippen LogP contribution in [0.1, 0.15) is 61.8 Å². The molecule has 3 aromatic rings. The number of carboxylic acids is 1. The molecule has 1 aliphatic carbocycles. The van der Waals surface area contributed by atoms with Crippen molar-refractivity contribution in [1.82, 2.24) is 9.47 Å². The minimum atomic E-state index is -0.672. The van der Waals surface area contributed by atoms with Crippen molar-refractivity contribution in [2.75, 3.05) is 13.7 Å². The summed E-state index contributed by atoms with van der Waals surface area (Å²) in [5.41, 5.74) is 3.42. The third-order valence-electron chi connectivity index (χ3n) is 8.09. The highest BCUT2D eigenvalue weighted by molar-refractivity contribution is 6.30. The SMILES string of the molecule is COc1cc(CN(CC2CCC(C(=O)O)CC2)C(C)c2ccc(Cl)cc2)ccc1CCCn1c(O)ccc1O. The Kier molecular flexibility index (Phi) is 9.81. The maximum absolute atomic E-state index is 11.4. The van der Waals surface area contributed by atoms with E-state index in [1.54, 1.807) is 7.11 Å². The highest BCUT2D eigenvalue weighted by atomic mass is 35.5. The lowest BCUT2D eigenvalue weighted by molar-refractivity contribution is -0.143. The van der Waals surface area contributed by atoms with Gasteiger partial charge in [-0.1, -0.05) is 35.9 Å². The molecule has 3 N–H and O–H groups in total. The average Bonchev–Trinajstić information content (AvgIpc) is 3.26. The summed E-state index contributed by atoms with van der Waals surface area (Å²) < 4.78 is 7.24. The van der Waals surface area contributed by atoms with Crippen LogP contribution in [0.15, 0.2) is 54.6 Å². The second-order valence-corrected chi connectivity index (χ2v) is 11.1. The number of aliphatic carboxylic acids is 1. The van der Waals surface area contributed by atoms with Gasteiger partial charge in [-0.2, -0.15) is 0 Å². The van der Waals surface area contributed by atoms with E-state index in [4.69, 9.17) is 16.3 Å². The first kappa shape index (κ1) is 28.8. The molecular weight excluding hydrogens is 516 g/mol. The van der Waals surface area contributed by atoms with Crippen LogP contribution < -0.4 is 4.74 Å². The monoisotopic (exact) mass is 554 g/mol. The van der Waals surface area contributed by atoms with E-state index < -0.39 is 5.97 Å². The third-order valence-corrected chi connectivity index (χ3v) is 8.34. The zero-order valence-electron chi connectivity index (χ0n) is 22.7. The fourth-order valence-electron chi connectivity index (χ4n) is 5.67. The van der Waals surface area contributed by atoms with Gasteiger partial charge in [-0.15, -0.1) is 0 Å². The van der Waals surface area contributed by atoms with Gasteiger partial charge in [0.1, 0.15) is 5.75 Å². The van der Waals surface area contributed by atoms with Gasteiger partial charge in [0.25, 0.3) is 0 Å². The van der Waals surface area contributed by atoms with Crippen molar-refractivity contribution in [3.05, 3.63) is 76.3 Å². The second-order valence-electron chi connectivity index (χ2n) is 10.7. The van der Waals surface area contributed by atoms with E-state index in [9.17, 15) is 20.1 Å². The number of aromatic nitrogens is 1. The molecule has 8 heteroatoms. The minimum absolute atomic E-state index is 0.0566. The number of hydrogen-bond donors (Lipinski definition) is 3. The number of nitrogens with zero attached hydrogens (tertiary/aromatic N) is 2. The lowest BCUT2D eigenvalue weighted by Gasteiger charge is -2.35. The van der Waals surface area contributed by atoms with Gasteiger partial charge in [0.05, 0.1) is 13.0 Å². The van der Waals surface area contributed by atoms with Crippen LogP contribution in [-0.2, 0) is 24.3 Å². The molecule has 210 valence electrons. The van der Waals surface area contributed by atoms with Crippen LogP contribution in [0.4, 0.5) is 0 Å². The molecule has 1 unspecified atom stereocenters. The third kappa shape index (κ3) is 7.49. The Labute approximate surface area is 235 Å². The molecule has 0 aliphatic heterocycles. The first-order valence-electron chi connectivity index (χ1n) is 13.7. The van der Waals surface area contributed by atoms with E-state index in [2.05, 4.69) is 42.2 Å². The maximum atomic E-state index is 11.4. The molecule has 0 spiro atoms. The molecule has 2 aromatic carbocycles. The summed E-state index contributed by atoms with van der Waals surface area (Å²) >= 11 is 6.15. The summed E-state index contributed by atoms with van der Waals surface area (Å²) in [6, 6.07) is 17.5. The van der Waals surface area contributed by atoms with Gasteiger partial charge in [-0.25, -0.2) is 0 Å². The molecule has 1 aromatic heterocycles. The summed E-state index contributed by atoms with van der Waals surface area (Å²) in [4.78, 5) is 13.9. The summed E-state index contributed by atoms with van der Waals surface area (Å²) in [5.74, 6) is 0.509. The van der Waals surface area contributed by atoms with Crippen molar-refractivity contribution in [3.8, 4) is 17.5 Å². The Morgan fingerprint density at radius 3 is 2.33 bits per heavy atom. The van der Waals surface area contributed by atoms with Crippen LogP contribution in [0.25, 0.3) is 0 Å². The molecule has 1 saturated carbocycles. The number of methoxy groups -OCH3 is 1. The topological polar surface area (TPSA) is 95.2 Å². The zero-order valence-corrected chi connectivity index (χ0v) is 23.5. The fourth-order valence-corrected chi connectivity index (χ4v) is 5.79. The number of aromatic hydroxyl groups is 2. The van der Waals surface area contributed by atoms with Crippen molar-refractivity contribution in [3.63, 3.8) is 0 Å². The molecule has 0 saturated heterocycles. The van der Waals surface area contributed by atoms with E-state index in [0.717, 1.165) is 68.5 Å². The van der Waals surface area contributed by atoms with Crippen molar-refractivity contribution in [1.29, 1.82) is 0 Å². The molecule has 39 heavy (non-hydrogen) atoms. The van der Waals surface area contributed by atoms with Gasteiger partial charge in [0, 0.05) is 42.8 Å². The summed E-state index contributed by atoms with van der Waals surface area (Å²) in [6.07, 6.45) is 4.82. The molecule has 1 aliphatic rings. The highest BCUT2D eigenvalue weighted by Crippen LogP contribution is 2.33. The molecule has 0 bridgehead atoms. The molecular formula is C31H39ClN2O5. The number of aryl methyl sites for hydroxylation is 1. The molecule has 1 fully saturated rings. The molecule has 1 heterocycles. The Balaban J connectivity index is 1.46. The van der Waals surface area contributed by atoms with E-state index in [0.29, 0.717) is 17.5 Å². The first-order chi connectivity index (χ1) is 18.7. The number of benzene rings is 2. The predicted octanol–water partition coefficient (Wildman–Crippen LogP) is 6.65. The molecule has 0 radical (unpaired) electrons. The highest BCUT2D eigenvalue weighted by Gasteiger charge is 2.28. The number of carbonyl (C=O) groups is 1. The van der Waals surface area contributed by atoms with Crippen LogP contribution in [0.5, 0.6) is 17.5 Å². The van der Waals surface area contributed by atoms with Crippen LogP contribution >= 0.6 is 11.6 Å².